The number of halogens is 1. The molecule has 22 heavy (non-hydrogen) atoms. The fourth-order valence-electron chi connectivity index (χ4n) is 2.50. The fraction of sp³-hybridized carbons (Fsp3) is 0.438. The maximum Gasteiger partial charge on any atom is 0.229 e. The molecule has 1 N–H and O–H groups in total. The van der Waals surface area contributed by atoms with Gasteiger partial charge in [0.15, 0.2) is 0 Å². The van der Waals surface area contributed by atoms with Crippen molar-refractivity contribution in [1.82, 2.24) is 10.2 Å². The Morgan fingerprint density at radius 1 is 1.36 bits per heavy atom. The summed E-state index contributed by atoms with van der Waals surface area (Å²) in [6.07, 6.45) is 1.67. The summed E-state index contributed by atoms with van der Waals surface area (Å²) in [6, 6.07) is 6.37. The number of carbonyl (C=O) groups excluding carboxylic acids is 1. The van der Waals surface area contributed by atoms with Crippen LogP contribution in [0.15, 0.2) is 24.3 Å². The minimum atomic E-state index is -0.253. The lowest BCUT2D eigenvalue weighted by Crippen LogP contribution is -2.14. The number of benzene rings is 1. The highest BCUT2D eigenvalue weighted by Crippen LogP contribution is 2.48. The first kappa shape index (κ1) is 15.1. The maximum atomic E-state index is 12.9. The van der Waals surface area contributed by atoms with Gasteiger partial charge >= 0.3 is 0 Å². The van der Waals surface area contributed by atoms with Crippen molar-refractivity contribution >= 4 is 22.4 Å². The van der Waals surface area contributed by atoms with Gasteiger partial charge in [0.05, 0.1) is 0 Å². The molecule has 1 aromatic heterocycles. The van der Waals surface area contributed by atoms with Crippen LogP contribution in [-0.2, 0) is 11.2 Å². The van der Waals surface area contributed by atoms with E-state index >= 15 is 0 Å². The van der Waals surface area contributed by atoms with Gasteiger partial charge in [0.25, 0.3) is 0 Å². The molecule has 4 nitrogen and oxygen atoms in total. The average Bonchev–Trinajstić information content (AvgIpc) is 3.15. The minimum absolute atomic E-state index is 0.0263. The van der Waals surface area contributed by atoms with Crippen molar-refractivity contribution < 1.29 is 9.18 Å². The van der Waals surface area contributed by atoms with E-state index < -0.39 is 0 Å². The summed E-state index contributed by atoms with van der Waals surface area (Å²) < 4.78 is 12.9. The Morgan fingerprint density at radius 2 is 2.09 bits per heavy atom. The largest absolute Gasteiger partial charge is 0.300 e. The third-order valence-corrected chi connectivity index (χ3v) is 4.57. The standard InChI is InChI=1S/C16H18FN3OS/c1-9(2)7-14-19-20-16(22-14)18-15(21)13-8-12(13)10-3-5-11(17)6-4-10/h3-6,9,12-13H,7-8H2,1-2H3,(H,18,20,21). The number of amides is 1. The molecule has 0 bridgehead atoms. The Morgan fingerprint density at radius 3 is 2.77 bits per heavy atom. The van der Waals surface area contributed by atoms with Crippen molar-refractivity contribution in [2.75, 3.05) is 5.32 Å². The Bertz CT molecular complexity index is 668. The summed E-state index contributed by atoms with van der Waals surface area (Å²) in [5.74, 6) is 0.368. The number of carbonyl (C=O) groups is 1. The lowest BCUT2D eigenvalue weighted by atomic mass is 10.1. The fourth-order valence-corrected chi connectivity index (χ4v) is 3.45. The number of nitrogens with one attached hydrogen (secondary N) is 1. The van der Waals surface area contributed by atoms with Gasteiger partial charge in [-0.1, -0.05) is 37.3 Å². The summed E-state index contributed by atoms with van der Waals surface area (Å²) in [5.41, 5.74) is 1.01. The SMILES string of the molecule is CC(C)Cc1nnc(NC(=O)C2CC2c2ccc(F)cc2)s1. The van der Waals surface area contributed by atoms with Crippen molar-refractivity contribution in [2.24, 2.45) is 11.8 Å². The Labute approximate surface area is 132 Å². The Balaban J connectivity index is 1.57. The van der Waals surface area contributed by atoms with Crippen LogP contribution >= 0.6 is 11.3 Å². The number of hydrogen-bond donors (Lipinski definition) is 1. The van der Waals surface area contributed by atoms with Crippen molar-refractivity contribution in [1.29, 1.82) is 0 Å². The van der Waals surface area contributed by atoms with Gasteiger partial charge in [-0.2, -0.15) is 0 Å². The quantitative estimate of drug-likeness (QED) is 0.916. The predicted molar refractivity (Wildman–Crippen MR) is 84.3 cm³/mol. The molecule has 2 unspecified atom stereocenters. The molecule has 1 aliphatic rings. The van der Waals surface area contributed by atoms with Gasteiger partial charge in [0.1, 0.15) is 10.8 Å². The molecule has 1 aliphatic carbocycles. The molecule has 1 heterocycles. The van der Waals surface area contributed by atoms with E-state index in [9.17, 15) is 9.18 Å². The normalized spacial score (nSPS) is 20.2. The molecule has 6 heteroatoms. The summed E-state index contributed by atoms with van der Waals surface area (Å²) in [4.78, 5) is 12.2. The van der Waals surface area contributed by atoms with Gasteiger partial charge < -0.3 is 5.32 Å². The summed E-state index contributed by atoms with van der Waals surface area (Å²) in [6.45, 7) is 4.24. The third kappa shape index (κ3) is 3.50. The lowest BCUT2D eigenvalue weighted by molar-refractivity contribution is -0.117. The monoisotopic (exact) mass is 319 g/mol. The van der Waals surface area contributed by atoms with Crippen molar-refractivity contribution in [3.8, 4) is 0 Å². The Kier molecular flexibility index (Phi) is 4.20. The third-order valence-electron chi connectivity index (χ3n) is 3.71. The van der Waals surface area contributed by atoms with E-state index in [2.05, 4.69) is 29.4 Å². The predicted octanol–water partition coefficient (Wildman–Crippen LogP) is 3.62. The molecule has 1 amide bonds. The number of rotatable bonds is 5. The van der Waals surface area contributed by atoms with Gasteiger partial charge in [-0.05, 0) is 36.0 Å². The number of nitrogens with zero attached hydrogens (tertiary/aromatic N) is 2. The second kappa shape index (κ2) is 6.12. The maximum absolute atomic E-state index is 12.9. The molecular formula is C16H18FN3OS. The van der Waals surface area contributed by atoms with Crippen molar-refractivity contribution in [2.45, 2.75) is 32.6 Å². The summed E-state index contributed by atoms with van der Waals surface area (Å²) in [5, 5.41) is 12.4. The van der Waals surface area contributed by atoms with Crippen LogP contribution < -0.4 is 5.32 Å². The second-order valence-electron chi connectivity index (χ2n) is 6.09. The van der Waals surface area contributed by atoms with Gasteiger partial charge in [-0.25, -0.2) is 4.39 Å². The van der Waals surface area contributed by atoms with Crippen LogP contribution in [0.4, 0.5) is 9.52 Å². The molecule has 0 radical (unpaired) electrons. The van der Waals surface area contributed by atoms with Gasteiger partial charge in [0, 0.05) is 12.3 Å². The zero-order valence-electron chi connectivity index (χ0n) is 12.5. The van der Waals surface area contributed by atoms with Crippen molar-refractivity contribution in [3.05, 3.63) is 40.7 Å². The van der Waals surface area contributed by atoms with Gasteiger partial charge in [-0.3, -0.25) is 4.79 Å². The van der Waals surface area contributed by atoms with Crippen LogP contribution in [0.2, 0.25) is 0 Å². The summed E-state index contributed by atoms with van der Waals surface area (Å²) >= 11 is 1.43. The number of aromatic nitrogens is 2. The molecule has 0 spiro atoms. The molecule has 1 aromatic carbocycles. The Hall–Kier alpha value is -1.82. The zero-order valence-corrected chi connectivity index (χ0v) is 13.4. The molecular weight excluding hydrogens is 301 g/mol. The topological polar surface area (TPSA) is 54.9 Å². The van der Waals surface area contributed by atoms with Crippen LogP contribution in [0.5, 0.6) is 0 Å². The van der Waals surface area contributed by atoms with E-state index in [-0.39, 0.29) is 23.6 Å². The summed E-state index contributed by atoms with van der Waals surface area (Å²) in [7, 11) is 0. The molecule has 2 aromatic rings. The molecule has 0 saturated heterocycles. The smallest absolute Gasteiger partial charge is 0.229 e. The highest BCUT2D eigenvalue weighted by molar-refractivity contribution is 7.15. The molecule has 2 atom stereocenters. The second-order valence-corrected chi connectivity index (χ2v) is 7.15. The van der Waals surface area contributed by atoms with Crippen LogP contribution in [0.25, 0.3) is 0 Å². The number of anilines is 1. The molecule has 116 valence electrons. The van der Waals surface area contributed by atoms with Gasteiger partial charge in [0.2, 0.25) is 11.0 Å². The zero-order chi connectivity index (χ0) is 15.7. The molecule has 3 rings (SSSR count). The molecule has 1 saturated carbocycles. The van der Waals surface area contributed by atoms with E-state index in [0.717, 1.165) is 23.4 Å². The highest BCUT2D eigenvalue weighted by atomic mass is 32.1. The molecule has 1 fully saturated rings. The van der Waals surface area contributed by atoms with Gasteiger partial charge in [-0.15, -0.1) is 10.2 Å². The van der Waals surface area contributed by atoms with E-state index in [0.29, 0.717) is 11.0 Å². The lowest BCUT2D eigenvalue weighted by Gasteiger charge is -2.01. The highest BCUT2D eigenvalue weighted by Gasteiger charge is 2.44. The van der Waals surface area contributed by atoms with E-state index in [1.54, 1.807) is 12.1 Å². The van der Waals surface area contributed by atoms with E-state index in [1.165, 1.54) is 23.5 Å². The van der Waals surface area contributed by atoms with E-state index in [1.807, 2.05) is 0 Å². The minimum Gasteiger partial charge on any atom is -0.300 e. The number of hydrogen-bond acceptors (Lipinski definition) is 4. The first-order valence-corrected chi connectivity index (χ1v) is 8.23. The van der Waals surface area contributed by atoms with Crippen LogP contribution in [-0.4, -0.2) is 16.1 Å². The van der Waals surface area contributed by atoms with Crippen molar-refractivity contribution in [3.63, 3.8) is 0 Å². The first-order valence-electron chi connectivity index (χ1n) is 7.41. The average molecular weight is 319 g/mol. The van der Waals surface area contributed by atoms with E-state index in [4.69, 9.17) is 0 Å². The molecule has 0 aliphatic heterocycles. The van der Waals surface area contributed by atoms with Crippen LogP contribution in [0.3, 0.4) is 0 Å². The van der Waals surface area contributed by atoms with Crippen LogP contribution in [0.1, 0.15) is 36.8 Å². The first-order chi connectivity index (χ1) is 10.5. The van der Waals surface area contributed by atoms with Crippen LogP contribution in [0, 0.1) is 17.7 Å².